The van der Waals surface area contributed by atoms with E-state index in [-0.39, 0.29) is 26.2 Å². The minimum Gasteiger partial charge on any atom is -0.0623 e. The second-order valence-electron chi connectivity index (χ2n) is 1.54. The van der Waals surface area contributed by atoms with E-state index in [2.05, 4.69) is 0 Å². The Hall–Kier alpha value is -0.157. The third-order valence-electron chi connectivity index (χ3n) is 0.889. The molecule has 0 saturated heterocycles. The first kappa shape index (κ1) is 8.84. The maximum atomic E-state index is 2.00. The fraction of sp³-hybridized carbons (Fsp3) is 0. The van der Waals surface area contributed by atoms with Crippen LogP contribution < -0.4 is 0 Å². The Morgan fingerprint density at radius 3 is 0.556 bits per heavy atom. The van der Waals surface area contributed by atoms with E-state index < -0.39 is 0 Å². The molecule has 0 unspecified atom stereocenters. The molecule has 0 aromatic heterocycles. The summed E-state index contributed by atoms with van der Waals surface area (Å²) in [4.78, 5) is 0. The molecule has 0 atom stereocenters. The van der Waals surface area contributed by atoms with Gasteiger partial charge in [0.05, 0.1) is 0 Å². The number of hydrogen-bond donors (Lipinski definition) is 0. The molecular formula is C8H8Zr. The molecule has 1 aliphatic rings. The van der Waals surface area contributed by atoms with Crippen molar-refractivity contribution in [3.8, 4) is 0 Å². The molecule has 0 amide bonds. The molecule has 1 rings (SSSR count). The van der Waals surface area contributed by atoms with Crippen LogP contribution in [-0.2, 0) is 26.2 Å². The summed E-state index contributed by atoms with van der Waals surface area (Å²) < 4.78 is 0. The van der Waals surface area contributed by atoms with Crippen LogP contribution in [0.15, 0.2) is 48.6 Å². The summed E-state index contributed by atoms with van der Waals surface area (Å²) in [6, 6.07) is 0. The number of allylic oxidation sites excluding steroid dienone is 8. The Labute approximate surface area is 74.8 Å². The molecule has 9 heavy (non-hydrogen) atoms. The van der Waals surface area contributed by atoms with Gasteiger partial charge in [0, 0.05) is 26.2 Å². The van der Waals surface area contributed by atoms with Gasteiger partial charge in [0.1, 0.15) is 0 Å². The van der Waals surface area contributed by atoms with Crippen LogP contribution in [0.1, 0.15) is 0 Å². The fourth-order valence-corrected chi connectivity index (χ4v) is 0.513. The van der Waals surface area contributed by atoms with Gasteiger partial charge in [0.15, 0.2) is 0 Å². The monoisotopic (exact) mass is 194 g/mol. The van der Waals surface area contributed by atoms with E-state index in [1.165, 1.54) is 0 Å². The van der Waals surface area contributed by atoms with E-state index in [0.717, 1.165) is 0 Å². The molecular weight excluding hydrogens is 187 g/mol. The molecule has 1 heteroatoms. The summed E-state index contributed by atoms with van der Waals surface area (Å²) in [6.45, 7) is 0. The second kappa shape index (κ2) is 5.97. The van der Waals surface area contributed by atoms with Crippen LogP contribution in [0.4, 0.5) is 0 Å². The van der Waals surface area contributed by atoms with Crippen LogP contribution in [0.25, 0.3) is 0 Å². The second-order valence-corrected chi connectivity index (χ2v) is 1.54. The Morgan fingerprint density at radius 2 is 0.444 bits per heavy atom. The minimum atomic E-state index is 0. The zero-order chi connectivity index (χ0) is 5.66. The van der Waals surface area contributed by atoms with Crippen molar-refractivity contribution in [3.05, 3.63) is 48.6 Å². The van der Waals surface area contributed by atoms with E-state index in [9.17, 15) is 0 Å². The molecule has 0 aromatic rings. The van der Waals surface area contributed by atoms with E-state index in [1.807, 2.05) is 48.6 Å². The largest absolute Gasteiger partial charge is 0.0623 e. The van der Waals surface area contributed by atoms with Crippen molar-refractivity contribution in [1.82, 2.24) is 0 Å². The quantitative estimate of drug-likeness (QED) is 0.556. The van der Waals surface area contributed by atoms with E-state index >= 15 is 0 Å². The summed E-state index contributed by atoms with van der Waals surface area (Å²) in [7, 11) is 0. The van der Waals surface area contributed by atoms with Crippen LogP contribution in [-0.4, -0.2) is 0 Å². The molecule has 0 spiro atoms. The average Bonchev–Trinajstić information content (AvgIpc) is 1.62. The first-order valence-corrected chi connectivity index (χ1v) is 2.67. The Morgan fingerprint density at radius 1 is 0.333 bits per heavy atom. The summed E-state index contributed by atoms with van der Waals surface area (Å²) in [5.74, 6) is 0. The van der Waals surface area contributed by atoms with Gasteiger partial charge in [-0.1, -0.05) is 48.6 Å². The van der Waals surface area contributed by atoms with E-state index in [0.29, 0.717) is 0 Å². The van der Waals surface area contributed by atoms with Crippen LogP contribution in [0.2, 0.25) is 0 Å². The van der Waals surface area contributed by atoms with Gasteiger partial charge in [-0.3, -0.25) is 0 Å². The zero-order valence-electron chi connectivity index (χ0n) is 5.12. The summed E-state index contributed by atoms with van der Waals surface area (Å²) >= 11 is 0. The summed E-state index contributed by atoms with van der Waals surface area (Å²) in [6.07, 6.45) is 16.0. The molecule has 0 heterocycles. The van der Waals surface area contributed by atoms with Gasteiger partial charge in [0.25, 0.3) is 0 Å². The average molecular weight is 195 g/mol. The maximum absolute atomic E-state index is 2.00. The normalized spacial score (nSPS) is 14.2. The van der Waals surface area contributed by atoms with Gasteiger partial charge in [-0.2, -0.15) is 0 Å². The number of hydrogen-bond acceptors (Lipinski definition) is 0. The van der Waals surface area contributed by atoms with Crippen molar-refractivity contribution in [2.45, 2.75) is 0 Å². The van der Waals surface area contributed by atoms with Gasteiger partial charge >= 0.3 is 0 Å². The third kappa shape index (κ3) is 4.35. The third-order valence-corrected chi connectivity index (χ3v) is 0.889. The zero-order valence-corrected chi connectivity index (χ0v) is 7.58. The van der Waals surface area contributed by atoms with Gasteiger partial charge in [-0.25, -0.2) is 0 Å². The summed E-state index contributed by atoms with van der Waals surface area (Å²) in [5, 5.41) is 0. The van der Waals surface area contributed by atoms with E-state index in [1.54, 1.807) is 0 Å². The predicted molar refractivity (Wildman–Crippen MR) is 36.6 cm³/mol. The smallest absolute Gasteiger partial charge is 0 e. The predicted octanol–water partition coefficient (Wildman–Crippen LogP) is 2.22. The molecule has 0 aliphatic heterocycles. The number of rotatable bonds is 0. The van der Waals surface area contributed by atoms with Crippen molar-refractivity contribution in [1.29, 1.82) is 0 Å². The maximum Gasteiger partial charge on any atom is 0 e. The van der Waals surface area contributed by atoms with Crippen molar-refractivity contribution in [2.24, 2.45) is 0 Å². The van der Waals surface area contributed by atoms with Gasteiger partial charge in [0.2, 0.25) is 0 Å². The molecule has 0 radical (unpaired) electrons. The minimum absolute atomic E-state index is 0. The first-order valence-electron chi connectivity index (χ1n) is 2.67. The van der Waals surface area contributed by atoms with Crippen molar-refractivity contribution in [2.75, 3.05) is 0 Å². The summed E-state index contributed by atoms with van der Waals surface area (Å²) in [5.41, 5.74) is 0. The van der Waals surface area contributed by atoms with Crippen LogP contribution in [0.3, 0.4) is 0 Å². The Kier molecular flexibility index (Phi) is 5.87. The SMILES string of the molecule is C1=CC=CC=CC=C1.[Zr]. The molecule has 0 bridgehead atoms. The van der Waals surface area contributed by atoms with Crippen LogP contribution in [0, 0.1) is 0 Å². The Bertz CT molecular complexity index is 105. The van der Waals surface area contributed by atoms with Crippen molar-refractivity contribution < 1.29 is 26.2 Å². The molecule has 0 aromatic carbocycles. The Balaban J connectivity index is 0.000000640. The van der Waals surface area contributed by atoms with E-state index in [4.69, 9.17) is 0 Å². The fourth-order valence-electron chi connectivity index (χ4n) is 0.513. The van der Waals surface area contributed by atoms with Gasteiger partial charge in [-0.15, -0.1) is 0 Å². The van der Waals surface area contributed by atoms with Crippen molar-refractivity contribution in [3.63, 3.8) is 0 Å². The molecule has 0 saturated carbocycles. The first-order chi connectivity index (χ1) is 4.00. The molecule has 44 valence electrons. The van der Waals surface area contributed by atoms with Crippen molar-refractivity contribution >= 4 is 0 Å². The van der Waals surface area contributed by atoms with Gasteiger partial charge < -0.3 is 0 Å². The molecule has 0 N–H and O–H groups in total. The standard InChI is InChI=1S/C8H8.Zr/c1-2-4-6-8-7-5-3-1;/h1-8H;. The van der Waals surface area contributed by atoms with Crippen LogP contribution in [0.5, 0.6) is 0 Å². The topological polar surface area (TPSA) is 0 Å². The van der Waals surface area contributed by atoms with Gasteiger partial charge in [-0.05, 0) is 0 Å². The molecule has 0 fully saturated rings. The van der Waals surface area contributed by atoms with Crippen LogP contribution >= 0.6 is 0 Å². The molecule has 1 aliphatic carbocycles. The molecule has 0 nitrogen and oxygen atoms in total.